The second-order valence-corrected chi connectivity index (χ2v) is 13.4. The van der Waals surface area contributed by atoms with Gasteiger partial charge in [0, 0.05) is 12.8 Å². The molecule has 6 heteroatoms. The van der Waals surface area contributed by atoms with Gasteiger partial charge >= 0.3 is 5.97 Å². The van der Waals surface area contributed by atoms with Gasteiger partial charge < -0.3 is 20.1 Å². The SMILES string of the molecule is CCCCCCCC/C=C/CCCCCCCC1=NC(CO)(CO)CO1.CCCCCCCC/C=C\CCCCCCCC(=O)O. The fourth-order valence-electron chi connectivity index (χ4n) is 5.58. The van der Waals surface area contributed by atoms with Crippen LogP contribution in [0.15, 0.2) is 29.3 Å². The highest BCUT2D eigenvalue weighted by Gasteiger charge is 2.35. The summed E-state index contributed by atoms with van der Waals surface area (Å²) in [6.07, 6.45) is 43.6. The summed E-state index contributed by atoms with van der Waals surface area (Å²) >= 11 is 0. The molecule has 0 unspecified atom stereocenters. The maximum absolute atomic E-state index is 10.3. The lowest BCUT2D eigenvalue weighted by molar-refractivity contribution is -0.137. The Bertz CT molecular complexity index is 744. The molecule has 1 aliphatic rings. The first-order chi connectivity index (χ1) is 22.5. The zero-order valence-electron chi connectivity index (χ0n) is 30.3. The van der Waals surface area contributed by atoms with Gasteiger partial charge in [-0.05, 0) is 64.2 Å². The first-order valence-electron chi connectivity index (χ1n) is 19.5. The Morgan fingerprint density at radius 2 is 0.978 bits per heavy atom. The largest absolute Gasteiger partial charge is 0.481 e. The van der Waals surface area contributed by atoms with Gasteiger partial charge in [-0.2, -0.15) is 0 Å². The molecule has 0 saturated heterocycles. The maximum Gasteiger partial charge on any atom is 0.303 e. The number of nitrogens with zero attached hydrogens (tertiary/aromatic N) is 1. The van der Waals surface area contributed by atoms with E-state index in [-0.39, 0.29) is 13.2 Å². The van der Waals surface area contributed by atoms with Crippen molar-refractivity contribution in [1.29, 1.82) is 0 Å². The van der Waals surface area contributed by atoms with E-state index < -0.39 is 11.5 Å². The van der Waals surface area contributed by atoms with Crippen molar-refractivity contribution < 1.29 is 24.9 Å². The number of carboxylic acid groups (broad SMARTS) is 1. The number of hydrogen-bond donors (Lipinski definition) is 3. The highest BCUT2D eigenvalue weighted by atomic mass is 16.5. The Labute approximate surface area is 284 Å². The number of aliphatic imine (C=N–C) groups is 1. The summed E-state index contributed by atoms with van der Waals surface area (Å²) in [7, 11) is 0. The van der Waals surface area contributed by atoms with Crippen molar-refractivity contribution in [3.8, 4) is 0 Å². The molecule has 0 atom stereocenters. The Hall–Kier alpha value is -1.66. The van der Waals surface area contributed by atoms with E-state index in [9.17, 15) is 15.0 Å². The minimum atomic E-state index is -0.794. The molecule has 0 aromatic heterocycles. The van der Waals surface area contributed by atoms with Crippen LogP contribution in [0.4, 0.5) is 0 Å². The molecule has 0 saturated carbocycles. The lowest BCUT2D eigenvalue weighted by Crippen LogP contribution is -2.37. The number of rotatable bonds is 32. The molecule has 0 fully saturated rings. The molecule has 0 radical (unpaired) electrons. The number of carboxylic acids is 1. The van der Waals surface area contributed by atoms with Gasteiger partial charge in [0.05, 0.1) is 13.2 Å². The standard InChI is InChI=1S/C22H41NO3.C18H34O2/c1-2-3-4-5-6-7-8-9-10-11-12-13-14-15-16-17-21-23-22(18-24,19-25)20-26-21;1-2-3-4-5-6-7-8-9-10-11-12-13-14-15-16-17-18(19)20/h9-10,24-25H,2-8,11-20H2,1H3;9-10H,2-8,11-17H2,1H3,(H,19,20)/b10-9+;10-9-. The van der Waals surface area contributed by atoms with Crippen LogP contribution in [-0.4, -0.2) is 52.5 Å². The van der Waals surface area contributed by atoms with Crippen molar-refractivity contribution in [3.05, 3.63) is 24.3 Å². The lowest BCUT2D eigenvalue weighted by Gasteiger charge is -2.16. The molecular weight excluding hydrogens is 574 g/mol. The van der Waals surface area contributed by atoms with E-state index in [4.69, 9.17) is 9.84 Å². The average molecular weight is 650 g/mol. The highest BCUT2D eigenvalue weighted by molar-refractivity contribution is 5.78. The maximum atomic E-state index is 10.3. The summed E-state index contributed by atoms with van der Waals surface area (Å²) < 4.78 is 5.49. The zero-order valence-corrected chi connectivity index (χ0v) is 30.3. The molecule has 0 spiro atoms. The van der Waals surface area contributed by atoms with Crippen LogP contribution < -0.4 is 0 Å². The van der Waals surface area contributed by atoms with Crippen LogP contribution in [-0.2, 0) is 9.53 Å². The van der Waals surface area contributed by atoms with E-state index in [1.54, 1.807) is 0 Å². The molecule has 1 heterocycles. The Balaban J connectivity index is 0.000000914. The molecule has 1 aliphatic heterocycles. The summed E-state index contributed by atoms with van der Waals surface area (Å²) in [6.45, 7) is 4.52. The van der Waals surface area contributed by atoms with Gasteiger partial charge in [0.1, 0.15) is 12.1 Å². The summed E-state index contributed by atoms with van der Waals surface area (Å²) in [5, 5.41) is 27.1. The van der Waals surface area contributed by atoms with Crippen LogP contribution in [0.5, 0.6) is 0 Å². The minimum absolute atomic E-state index is 0.153. The van der Waals surface area contributed by atoms with Crippen LogP contribution in [0, 0.1) is 0 Å². The van der Waals surface area contributed by atoms with Gasteiger partial charge in [-0.25, -0.2) is 4.99 Å². The van der Waals surface area contributed by atoms with E-state index >= 15 is 0 Å². The van der Waals surface area contributed by atoms with Crippen molar-refractivity contribution in [2.45, 2.75) is 199 Å². The number of unbranched alkanes of at least 4 members (excludes halogenated alkanes) is 22. The number of aliphatic carboxylic acids is 1. The van der Waals surface area contributed by atoms with E-state index in [0.717, 1.165) is 25.7 Å². The quantitative estimate of drug-likeness (QED) is 0.0497. The molecule has 46 heavy (non-hydrogen) atoms. The summed E-state index contributed by atoms with van der Waals surface area (Å²) in [6, 6.07) is 0. The van der Waals surface area contributed by atoms with Crippen molar-refractivity contribution in [2.24, 2.45) is 4.99 Å². The highest BCUT2D eigenvalue weighted by Crippen LogP contribution is 2.20. The summed E-state index contributed by atoms with van der Waals surface area (Å²) in [5.74, 6) is 0.0355. The van der Waals surface area contributed by atoms with Crippen LogP contribution in [0.25, 0.3) is 0 Å². The minimum Gasteiger partial charge on any atom is -0.481 e. The summed E-state index contributed by atoms with van der Waals surface area (Å²) in [5.41, 5.74) is -0.794. The number of hydrogen-bond acceptors (Lipinski definition) is 5. The van der Waals surface area contributed by atoms with Gasteiger partial charge in [-0.3, -0.25) is 4.79 Å². The zero-order chi connectivity index (χ0) is 33.8. The lowest BCUT2D eigenvalue weighted by atomic mass is 10.1. The molecule has 0 amide bonds. The van der Waals surface area contributed by atoms with Crippen molar-refractivity contribution in [3.63, 3.8) is 0 Å². The molecular formula is C40H75NO5. The number of aliphatic hydroxyl groups excluding tert-OH is 2. The third kappa shape index (κ3) is 29.7. The van der Waals surface area contributed by atoms with Gasteiger partial charge in [-0.15, -0.1) is 0 Å². The third-order valence-electron chi connectivity index (χ3n) is 8.76. The fraction of sp³-hybridized carbons (Fsp3) is 0.850. The first-order valence-corrected chi connectivity index (χ1v) is 19.5. The fourth-order valence-corrected chi connectivity index (χ4v) is 5.58. The number of ether oxygens (including phenoxy) is 1. The van der Waals surface area contributed by atoms with Gasteiger partial charge in [-0.1, -0.05) is 141 Å². The topological polar surface area (TPSA) is 99.4 Å². The number of allylic oxidation sites excluding steroid dienone is 4. The first kappa shape index (κ1) is 44.3. The predicted molar refractivity (Wildman–Crippen MR) is 197 cm³/mol. The third-order valence-corrected chi connectivity index (χ3v) is 8.76. The Kier molecular flexibility index (Phi) is 33.4. The molecule has 1 rings (SSSR count). The second kappa shape index (κ2) is 34.7. The van der Waals surface area contributed by atoms with Crippen LogP contribution in [0.3, 0.4) is 0 Å². The molecule has 6 nitrogen and oxygen atoms in total. The second-order valence-electron chi connectivity index (χ2n) is 13.4. The van der Waals surface area contributed by atoms with Crippen LogP contribution in [0.2, 0.25) is 0 Å². The molecule has 270 valence electrons. The smallest absolute Gasteiger partial charge is 0.303 e. The molecule has 0 bridgehead atoms. The van der Waals surface area contributed by atoms with Gasteiger partial charge in [0.15, 0.2) is 5.90 Å². The van der Waals surface area contributed by atoms with Crippen LogP contribution >= 0.6 is 0 Å². The molecule has 0 aromatic rings. The van der Waals surface area contributed by atoms with E-state index in [1.807, 2.05) is 0 Å². The Morgan fingerprint density at radius 1 is 0.609 bits per heavy atom. The number of carbonyl (C=O) groups is 1. The predicted octanol–water partition coefficient (Wildman–Crippen LogP) is 11.3. The molecule has 0 aliphatic carbocycles. The molecule has 3 N–H and O–H groups in total. The summed E-state index contributed by atoms with van der Waals surface area (Å²) in [4.78, 5) is 14.7. The average Bonchev–Trinajstić information content (AvgIpc) is 3.48. The van der Waals surface area contributed by atoms with Crippen molar-refractivity contribution >= 4 is 11.9 Å². The van der Waals surface area contributed by atoms with Crippen molar-refractivity contribution in [1.82, 2.24) is 0 Å². The van der Waals surface area contributed by atoms with Crippen LogP contribution in [0.1, 0.15) is 194 Å². The Morgan fingerprint density at radius 3 is 1.35 bits per heavy atom. The van der Waals surface area contributed by atoms with Gasteiger partial charge in [0.25, 0.3) is 0 Å². The molecule has 0 aromatic carbocycles. The number of aliphatic hydroxyl groups is 2. The monoisotopic (exact) mass is 650 g/mol. The van der Waals surface area contributed by atoms with Crippen molar-refractivity contribution in [2.75, 3.05) is 19.8 Å². The van der Waals surface area contributed by atoms with Gasteiger partial charge in [0.2, 0.25) is 0 Å². The van der Waals surface area contributed by atoms with E-state index in [2.05, 4.69) is 43.1 Å². The van der Waals surface area contributed by atoms with E-state index in [1.165, 1.54) is 148 Å². The normalized spacial score (nSPS) is 14.0. The van der Waals surface area contributed by atoms with E-state index in [0.29, 0.717) is 18.9 Å².